The maximum absolute atomic E-state index is 12.3. The monoisotopic (exact) mass is 418 g/mol. The van der Waals surface area contributed by atoms with Gasteiger partial charge in [0, 0.05) is 5.56 Å². The van der Waals surface area contributed by atoms with Crippen LogP contribution in [0.2, 0.25) is 0 Å². The van der Waals surface area contributed by atoms with E-state index >= 15 is 0 Å². The Morgan fingerprint density at radius 1 is 1.06 bits per heavy atom. The Labute approximate surface area is 180 Å². The molecule has 3 aromatic carbocycles. The van der Waals surface area contributed by atoms with Gasteiger partial charge in [-0.15, -0.1) is 0 Å². The highest BCUT2D eigenvalue weighted by Crippen LogP contribution is 2.32. The van der Waals surface area contributed by atoms with Crippen molar-refractivity contribution in [1.82, 2.24) is 5.43 Å². The number of amides is 1. The molecule has 0 saturated carbocycles. The van der Waals surface area contributed by atoms with Crippen LogP contribution in [-0.2, 0) is 6.61 Å². The van der Waals surface area contributed by atoms with Crippen LogP contribution >= 0.6 is 0 Å². The van der Waals surface area contributed by atoms with Crippen molar-refractivity contribution in [3.8, 4) is 23.0 Å². The molecule has 4 rings (SSSR count). The molecule has 0 atom stereocenters. The smallest absolute Gasteiger partial charge is 0.271 e. The first-order chi connectivity index (χ1) is 15.1. The van der Waals surface area contributed by atoms with Crippen LogP contribution in [0.25, 0.3) is 0 Å². The lowest BCUT2D eigenvalue weighted by Crippen LogP contribution is -2.17. The quantitative estimate of drug-likeness (QED) is 0.462. The highest BCUT2D eigenvalue weighted by Gasteiger charge is 2.16. The molecule has 0 unspecified atom stereocenters. The Balaban J connectivity index is 1.38. The lowest BCUT2D eigenvalue weighted by Gasteiger charge is -2.12. The van der Waals surface area contributed by atoms with E-state index in [2.05, 4.69) is 10.5 Å². The molecular weight excluding hydrogens is 396 g/mol. The third-order valence-corrected chi connectivity index (χ3v) is 4.85. The van der Waals surface area contributed by atoms with Crippen LogP contribution < -0.4 is 24.4 Å². The van der Waals surface area contributed by atoms with E-state index in [4.69, 9.17) is 18.9 Å². The van der Waals surface area contributed by atoms with Crippen molar-refractivity contribution in [2.75, 3.05) is 13.9 Å². The average molecular weight is 418 g/mol. The molecule has 1 amide bonds. The average Bonchev–Trinajstić information content (AvgIpc) is 3.27. The SMILES string of the molecule is COc1cc(/C=N/NC(=O)c2ccc3c(c2)OCO3)ccc1OCc1ccccc1C. The molecule has 0 fully saturated rings. The van der Waals surface area contributed by atoms with Gasteiger partial charge in [0.2, 0.25) is 6.79 Å². The molecule has 7 nitrogen and oxygen atoms in total. The molecule has 7 heteroatoms. The predicted molar refractivity (Wildman–Crippen MR) is 116 cm³/mol. The molecule has 0 aliphatic carbocycles. The number of fused-ring (bicyclic) bond motifs is 1. The number of nitrogens with one attached hydrogen (secondary N) is 1. The minimum atomic E-state index is -0.348. The molecular formula is C24H22N2O5. The zero-order chi connectivity index (χ0) is 21.6. The number of carbonyl (C=O) groups is 1. The largest absolute Gasteiger partial charge is 0.493 e. The van der Waals surface area contributed by atoms with Gasteiger partial charge in [0.25, 0.3) is 5.91 Å². The normalized spacial score (nSPS) is 12.1. The van der Waals surface area contributed by atoms with Gasteiger partial charge in [-0.25, -0.2) is 5.43 Å². The molecule has 0 saturated heterocycles. The van der Waals surface area contributed by atoms with Gasteiger partial charge in [-0.05, 0) is 60.0 Å². The predicted octanol–water partition coefficient (Wildman–Crippen LogP) is 4.08. The molecule has 1 aliphatic heterocycles. The van der Waals surface area contributed by atoms with E-state index in [0.717, 1.165) is 11.1 Å². The summed E-state index contributed by atoms with van der Waals surface area (Å²) < 4.78 is 21.9. The molecule has 0 bridgehead atoms. The molecule has 1 heterocycles. The van der Waals surface area contributed by atoms with Crippen LogP contribution in [0.3, 0.4) is 0 Å². The number of hydrazone groups is 1. The summed E-state index contributed by atoms with van der Waals surface area (Å²) in [5.41, 5.74) is 5.97. The summed E-state index contributed by atoms with van der Waals surface area (Å²) in [5.74, 6) is 2.03. The van der Waals surface area contributed by atoms with Gasteiger partial charge < -0.3 is 18.9 Å². The summed E-state index contributed by atoms with van der Waals surface area (Å²) in [6.07, 6.45) is 1.54. The summed E-state index contributed by atoms with van der Waals surface area (Å²) in [6, 6.07) is 18.5. The molecule has 0 spiro atoms. The molecule has 158 valence electrons. The standard InChI is InChI=1S/C24H22N2O5/c1-16-5-3-4-6-19(16)14-29-20-9-7-17(11-22(20)28-2)13-25-26-24(27)18-8-10-21-23(12-18)31-15-30-21/h3-13H,14-15H2,1-2H3,(H,26,27)/b25-13+. The second-order valence-corrected chi connectivity index (χ2v) is 6.89. The third kappa shape index (κ3) is 4.78. The Morgan fingerprint density at radius 3 is 2.74 bits per heavy atom. The van der Waals surface area contributed by atoms with Crippen LogP contribution in [0, 0.1) is 6.92 Å². The lowest BCUT2D eigenvalue weighted by atomic mass is 10.1. The summed E-state index contributed by atoms with van der Waals surface area (Å²) in [4.78, 5) is 12.3. The van der Waals surface area contributed by atoms with Gasteiger partial charge in [-0.3, -0.25) is 4.79 Å². The van der Waals surface area contributed by atoms with Crippen molar-refractivity contribution >= 4 is 12.1 Å². The third-order valence-electron chi connectivity index (χ3n) is 4.85. The minimum Gasteiger partial charge on any atom is -0.493 e. The first-order valence-electron chi connectivity index (χ1n) is 9.72. The van der Waals surface area contributed by atoms with Gasteiger partial charge in [-0.2, -0.15) is 5.10 Å². The van der Waals surface area contributed by atoms with E-state index in [-0.39, 0.29) is 12.7 Å². The van der Waals surface area contributed by atoms with E-state index in [0.29, 0.717) is 35.2 Å². The Morgan fingerprint density at radius 2 is 1.90 bits per heavy atom. The van der Waals surface area contributed by atoms with Crippen molar-refractivity contribution in [2.24, 2.45) is 5.10 Å². The van der Waals surface area contributed by atoms with Crippen LogP contribution in [0.15, 0.2) is 65.8 Å². The van der Waals surface area contributed by atoms with Gasteiger partial charge in [0.1, 0.15) is 6.61 Å². The van der Waals surface area contributed by atoms with Gasteiger partial charge in [0.15, 0.2) is 23.0 Å². The van der Waals surface area contributed by atoms with Crippen molar-refractivity contribution in [3.63, 3.8) is 0 Å². The zero-order valence-electron chi connectivity index (χ0n) is 17.3. The second-order valence-electron chi connectivity index (χ2n) is 6.89. The van der Waals surface area contributed by atoms with E-state index in [9.17, 15) is 4.79 Å². The Bertz CT molecular complexity index is 1130. The zero-order valence-corrected chi connectivity index (χ0v) is 17.3. The van der Waals surface area contributed by atoms with E-state index < -0.39 is 0 Å². The van der Waals surface area contributed by atoms with Gasteiger partial charge >= 0.3 is 0 Å². The topological polar surface area (TPSA) is 78.4 Å². The van der Waals surface area contributed by atoms with Crippen molar-refractivity contribution in [2.45, 2.75) is 13.5 Å². The van der Waals surface area contributed by atoms with Crippen molar-refractivity contribution in [1.29, 1.82) is 0 Å². The number of aryl methyl sites for hydroxylation is 1. The van der Waals surface area contributed by atoms with Gasteiger partial charge in [0.05, 0.1) is 13.3 Å². The van der Waals surface area contributed by atoms with Gasteiger partial charge in [-0.1, -0.05) is 24.3 Å². The number of methoxy groups -OCH3 is 1. The van der Waals surface area contributed by atoms with E-state index in [1.807, 2.05) is 43.3 Å². The van der Waals surface area contributed by atoms with Crippen molar-refractivity contribution < 1.29 is 23.7 Å². The highest BCUT2D eigenvalue weighted by atomic mass is 16.7. The molecule has 0 aromatic heterocycles. The highest BCUT2D eigenvalue weighted by molar-refractivity contribution is 5.95. The first-order valence-corrected chi connectivity index (χ1v) is 9.72. The number of benzene rings is 3. The maximum atomic E-state index is 12.3. The number of hydrogen-bond donors (Lipinski definition) is 1. The fourth-order valence-electron chi connectivity index (χ4n) is 3.08. The number of nitrogens with zero attached hydrogens (tertiary/aromatic N) is 1. The van der Waals surface area contributed by atoms with Crippen LogP contribution in [0.4, 0.5) is 0 Å². The number of ether oxygens (including phenoxy) is 4. The summed E-state index contributed by atoms with van der Waals surface area (Å²) >= 11 is 0. The van der Waals surface area contributed by atoms with Crippen LogP contribution in [-0.4, -0.2) is 26.0 Å². The number of rotatable bonds is 7. The minimum absolute atomic E-state index is 0.158. The number of hydrogen-bond acceptors (Lipinski definition) is 6. The second kappa shape index (κ2) is 9.21. The fraction of sp³-hybridized carbons (Fsp3) is 0.167. The van der Waals surface area contributed by atoms with E-state index in [1.54, 1.807) is 37.6 Å². The molecule has 1 N–H and O–H groups in total. The Hall–Kier alpha value is -4.00. The number of carbonyl (C=O) groups excluding carboxylic acids is 1. The van der Waals surface area contributed by atoms with Crippen molar-refractivity contribution in [3.05, 3.63) is 82.9 Å². The molecule has 3 aromatic rings. The van der Waals surface area contributed by atoms with Crippen LogP contribution in [0.5, 0.6) is 23.0 Å². The Kier molecular flexibility index (Phi) is 6.03. The summed E-state index contributed by atoms with van der Waals surface area (Å²) in [6.45, 7) is 2.65. The molecule has 1 aliphatic rings. The van der Waals surface area contributed by atoms with Crippen LogP contribution in [0.1, 0.15) is 27.0 Å². The maximum Gasteiger partial charge on any atom is 0.271 e. The lowest BCUT2D eigenvalue weighted by molar-refractivity contribution is 0.0954. The van der Waals surface area contributed by atoms with E-state index in [1.165, 1.54) is 5.56 Å². The summed E-state index contributed by atoms with van der Waals surface area (Å²) in [7, 11) is 1.58. The summed E-state index contributed by atoms with van der Waals surface area (Å²) in [5, 5.41) is 4.03. The fourth-order valence-corrected chi connectivity index (χ4v) is 3.08. The molecule has 31 heavy (non-hydrogen) atoms. The first kappa shape index (κ1) is 20.3. The molecule has 0 radical (unpaired) electrons.